The maximum absolute atomic E-state index is 12.0. The van der Waals surface area contributed by atoms with E-state index in [9.17, 15) is 13.2 Å². The average molecular weight is 368 g/mol. The van der Waals surface area contributed by atoms with Crippen LogP contribution in [-0.2, 0) is 21.1 Å². The van der Waals surface area contributed by atoms with Crippen LogP contribution in [0.5, 0.6) is 5.75 Å². The summed E-state index contributed by atoms with van der Waals surface area (Å²) in [5.41, 5.74) is 1.34. The summed E-state index contributed by atoms with van der Waals surface area (Å²) in [6, 6.07) is 11.3. The van der Waals surface area contributed by atoms with E-state index in [1.54, 1.807) is 30.3 Å². The number of nitrogens with one attached hydrogen (secondary N) is 1. The van der Waals surface area contributed by atoms with Gasteiger partial charge in [0.1, 0.15) is 5.75 Å². The average Bonchev–Trinajstić information content (AvgIpc) is 2.53. The molecule has 7 heteroatoms. The van der Waals surface area contributed by atoms with Gasteiger partial charge in [-0.15, -0.1) is 0 Å². The van der Waals surface area contributed by atoms with Crippen molar-refractivity contribution in [3.63, 3.8) is 0 Å². The summed E-state index contributed by atoms with van der Waals surface area (Å²) in [6.45, 7) is 1.79. The van der Waals surface area contributed by atoms with Gasteiger partial charge in [-0.05, 0) is 48.4 Å². The fourth-order valence-electron chi connectivity index (χ4n) is 2.06. The number of aryl methyl sites for hydroxylation is 1. The Kier molecular flexibility index (Phi) is 5.85. The lowest BCUT2D eigenvalue weighted by atomic mass is 10.1. The highest BCUT2D eigenvalue weighted by Gasteiger charge is 2.10. The number of hydrogen-bond donors (Lipinski definition) is 1. The summed E-state index contributed by atoms with van der Waals surface area (Å²) < 4.78 is 28.5. The Hall–Kier alpha value is -2.05. The third-order valence-electron chi connectivity index (χ3n) is 3.31. The van der Waals surface area contributed by atoms with Gasteiger partial charge in [0.15, 0.2) is 16.4 Å². The first-order valence-electron chi connectivity index (χ1n) is 7.31. The molecule has 0 aliphatic carbocycles. The van der Waals surface area contributed by atoms with Crippen molar-refractivity contribution in [2.45, 2.75) is 18.2 Å². The van der Waals surface area contributed by atoms with Crippen molar-refractivity contribution in [3.8, 4) is 5.75 Å². The lowest BCUT2D eigenvalue weighted by molar-refractivity contribution is -0.118. The summed E-state index contributed by atoms with van der Waals surface area (Å²) in [7, 11) is -3.32. The van der Waals surface area contributed by atoms with E-state index in [1.165, 1.54) is 12.1 Å². The molecule has 2 aromatic carbocycles. The summed E-state index contributed by atoms with van der Waals surface area (Å²) >= 11 is 6.03. The molecular weight excluding hydrogens is 350 g/mol. The van der Waals surface area contributed by atoms with Gasteiger partial charge in [-0.1, -0.05) is 24.6 Å². The Morgan fingerprint density at radius 3 is 2.62 bits per heavy atom. The first-order valence-corrected chi connectivity index (χ1v) is 9.57. The summed E-state index contributed by atoms with van der Waals surface area (Å²) in [6.07, 6.45) is 1.88. The predicted octanol–water partition coefficient (Wildman–Crippen LogP) is 3.32. The first-order chi connectivity index (χ1) is 11.3. The number of rotatable bonds is 6. The first kappa shape index (κ1) is 18.3. The van der Waals surface area contributed by atoms with Crippen LogP contribution < -0.4 is 10.1 Å². The van der Waals surface area contributed by atoms with Gasteiger partial charge in [-0.3, -0.25) is 4.79 Å². The molecule has 1 N–H and O–H groups in total. The van der Waals surface area contributed by atoms with Gasteiger partial charge in [-0.2, -0.15) is 0 Å². The normalized spacial score (nSPS) is 11.1. The van der Waals surface area contributed by atoms with Crippen molar-refractivity contribution >= 4 is 33.0 Å². The van der Waals surface area contributed by atoms with Gasteiger partial charge >= 0.3 is 0 Å². The topological polar surface area (TPSA) is 72.5 Å². The lowest BCUT2D eigenvalue weighted by Gasteiger charge is -2.10. The second-order valence-corrected chi connectivity index (χ2v) is 7.67. The largest absolute Gasteiger partial charge is 0.484 e. The Labute approximate surface area is 146 Å². The fourth-order valence-corrected chi connectivity index (χ4v) is 2.98. The highest BCUT2D eigenvalue weighted by molar-refractivity contribution is 7.90. The highest BCUT2D eigenvalue weighted by atomic mass is 35.5. The minimum Gasteiger partial charge on any atom is -0.484 e. The summed E-state index contributed by atoms with van der Waals surface area (Å²) in [5.74, 6) is 0.171. The maximum Gasteiger partial charge on any atom is 0.262 e. The number of halogens is 1. The van der Waals surface area contributed by atoms with Crippen LogP contribution in [0.1, 0.15) is 12.5 Å². The zero-order valence-corrected chi connectivity index (χ0v) is 14.9. The number of hydrogen-bond acceptors (Lipinski definition) is 4. The molecule has 0 unspecified atom stereocenters. The lowest BCUT2D eigenvalue weighted by Crippen LogP contribution is -2.20. The van der Waals surface area contributed by atoms with E-state index in [0.29, 0.717) is 16.5 Å². The molecule has 2 rings (SSSR count). The second-order valence-electron chi connectivity index (χ2n) is 5.24. The fraction of sp³-hybridized carbons (Fsp3) is 0.235. The number of benzene rings is 2. The van der Waals surface area contributed by atoms with Crippen LogP contribution in [0.15, 0.2) is 47.4 Å². The Morgan fingerprint density at radius 1 is 1.21 bits per heavy atom. The Bertz CT molecular complexity index is 849. The zero-order valence-electron chi connectivity index (χ0n) is 13.4. The Balaban J connectivity index is 1.99. The van der Waals surface area contributed by atoms with E-state index >= 15 is 0 Å². The standard InChI is InChI=1S/C17H18ClNO4S/c1-3-12-9-14(7-8-16(12)18)23-11-17(20)19-13-5-4-6-15(10-13)24(2,21)22/h4-10H,3,11H2,1-2H3,(H,19,20). The zero-order chi connectivity index (χ0) is 17.7. The molecule has 0 bridgehead atoms. The molecule has 0 heterocycles. The molecule has 0 aromatic heterocycles. The van der Waals surface area contributed by atoms with E-state index in [0.717, 1.165) is 18.2 Å². The summed E-state index contributed by atoms with van der Waals surface area (Å²) in [4.78, 5) is 12.1. The van der Waals surface area contributed by atoms with Crippen molar-refractivity contribution in [2.75, 3.05) is 18.2 Å². The number of anilines is 1. The molecule has 0 radical (unpaired) electrons. The molecule has 128 valence electrons. The van der Waals surface area contributed by atoms with Crippen LogP contribution >= 0.6 is 11.6 Å². The molecule has 0 saturated carbocycles. The Morgan fingerprint density at radius 2 is 1.96 bits per heavy atom. The van der Waals surface area contributed by atoms with Crippen LogP contribution in [0.3, 0.4) is 0 Å². The van der Waals surface area contributed by atoms with Crippen LogP contribution in [0.2, 0.25) is 5.02 Å². The second kappa shape index (κ2) is 7.68. The van der Waals surface area contributed by atoms with Crippen LogP contribution in [0.4, 0.5) is 5.69 Å². The van der Waals surface area contributed by atoms with E-state index in [-0.39, 0.29) is 17.4 Å². The number of sulfone groups is 1. The van der Waals surface area contributed by atoms with Crippen molar-refractivity contribution in [2.24, 2.45) is 0 Å². The monoisotopic (exact) mass is 367 g/mol. The van der Waals surface area contributed by atoms with Crippen molar-refractivity contribution < 1.29 is 17.9 Å². The predicted molar refractivity (Wildman–Crippen MR) is 94.5 cm³/mol. The van der Waals surface area contributed by atoms with Gasteiger partial charge in [0, 0.05) is 17.0 Å². The molecule has 0 atom stereocenters. The highest BCUT2D eigenvalue weighted by Crippen LogP contribution is 2.22. The summed E-state index contributed by atoms with van der Waals surface area (Å²) in [5, 5.41) is 3.27. The molecule has 24 heavy (non-hydrogen) atoms. The minimum atomic E-state index is -3.32. The number of carbonyl (C=O) groups is 1. The molecule has 0 fully saturated rings. The van der Waals surface area contributed by atoms with Crippen LogP contribution in [0.25, 0.3) is 0 Å². The van der Waals surface area contributed by atoms with Crippen LogP contribution in [0, 0.1) is 0 Å². The molecule has 0 saturated heterocycles. The van der Waals surface area contributed by atoms with Gasteiger partial charge in [0.25, 0.3) is 5.91 Å². The van der Waals surface area contributed by atoms with Crippen molar-refractivity contribution in [1.82, 2.24) is 0 Å². The molecule has 5 nitrogen and oxygen atoms in total. The molecule has 2 aromatic rings. The van der Waals surface area contributed by atoms with Gasteiger partial charge in [0.05, 0.1) is 4.90 Å². The molecule has 0 spiro atoms. The third kappa shape index (κ3) is 4.97. The van der Waals surface area contributed by atoms with E-state index < -0.39 is 9.84 Å². The third-order valence-corrected chi connectivity index (χ3v) is 4.79. The van der Waals surface area contributed by atoms with E-state index in [2.05, 4.69) is 5.32 Å². The SMILES string of the molecule is CCc1cc(OCC(=O)Nc2cccc(S(C)(=O)=O)c2)ccc1Cl. The van der Waals surface area contributed by atoms with Gasteiger partial charge in [0.2, 0.25) is 0 Å². The number of carbonyl (C=O) groups excluding carboxylic acids is 1. The number of ether oxygens (including phenoxy) is 1. The van der Waals surface area contributed by atoms with Gasteiger partial charge < -0.3 is 10.1 Å². The molecular formula is C17H18ClNO4S. The minimum absolute atomic E-state index is 0.145. The maximum atomic E-state index is 12.0. The number of amides is 1. The van der Waals surface area contributed by atoms with E-state index in [4.69, 9.17) is 16.3 Å². The van der Waals surface area contributed by atoms with Crippen molar-refractivity contribution in [1.29, 1.82) is 0 Å². The molecule has 1 amide bonds. The smallest absolute Gasteiger partial charge is 0.262 e. The van der Waals surface area contributed by atoms with E-state index in [1.807, 2.05) is 6.92 Å². The van der Waals surface area contributed by atoms with Crippen molar-refractivity contribution in [3.05, 3.63) is 53.1 Å². The molecule has 0 aliphatic heterocycles. The van der Waals surface area contributed by atoms with Crippen LogP contribution in [-0.4, -0.2) is 27.2 Å². The molecule has 0 aliphatic rings. The quantitative estimate of drug-likeness (QED) is 0.850. The van der Waals surface area contributed by atoms with Gasteiger partial charge in [-0.25, -0.2) is 8.42 Å².